The minimum Gasteiger partial charge on any atom is -0.313 e. The highest BCUT2D eigenvalue weighted by Crippen LogP contribution is 2.07. The molecule has 1 heterocycles. The normalized spacial score (nSPS) is 10.1. The molecule has 1 aromatic heterocycles. The maximum atomic E-state index is 11.3. The number of rotatable bonds is 3. The molecule has 1 aromatic rings. The fraction of sp³-hybridized carbons (Fsp3) is 0.231. The number of aromatic amines is 1. The summed E-state index contributed by atoms with van der Waals surface area (Å²) in [5.41, 5.74) is 1.86. The first-order valence-corrected chi connectivity index (χ1v) is 5.20. The van der Waals surface area contributed by atoms with Crippen molar-refractivity contribution in [3.63, 3.8) is 0 Å². The summed E-state index contributed by atoms with van der Waals surface area (Å²) < 4.78 is 0. The summed E-state index contributed by atoms with van der Waals surface area (Å²) in [5, 5.41) is 0. The number of aromatic nitrogens is 2. The number of nitrogens with one attached hydrogen (secondary N) is 1. The van der Waals surface area contributed by atoms with Gasteiger partial charge in [0.15, 0.2) is 0 Å². The zero-order valence-electron chi connectivity index (χ0n) is 10.1. The third kappa shape index (κ3) is 3.69. The van der Waals surface area contributed by atoms with Crippen molar-refractivity contribution in [2.24, 2.45) is 0 Å². The first kappa shape index (κ1) is 14.1. The molecule has 86 valence electrons. The van der Waals surface area contributed by atoms with Crippen molar-refractivity contribution in [3.05, 3.63) is 52.7 Å². The van der Waals surface area contributed by atoms with Gasteiger partial charge in [0.05, 0.1) is 17.6 Å². The van der Waals surface area contributed by atoms with E-state index in [9.17, 15) is 4.79 Å². The predicted octanol–water partition coefficient (Wildman–Crippen LogP) is 3.03. The fourth-order valence-electron chi connectivity index (χ4n) is 1.01. The van der Waals surface area contributed by atoms with Gasteiger partial charge < -0.3 is 4.98 Å². The molecule has 0 aliphatic rings. The van der Waals surface area contributed by atoms with Gasteiger partial charge in [-0.05, 0) is 18.6 Å². The maximum Gasteiger partial charge on any atom is 0.258 e. The van der Waals surface area contributed by atoms with Gasteiger partial charge in [-0.25, -0.2) is 4.98 Å². The van der Waals surface area contributed by atoms with Crippen LogP contribution in [0.3, 0.4) is 0 Å². The fourth-order valence-corrected chi connectivity index (χ4v) is 1.01. The lowest BCUT2D eigenvalue weighted by atomic mass is 10.1. The molecule has 0 radical (unpaired) electrons. The molecular formula is C13H18N2O. The van der Waals surface area contributed by atoms with Crippen LogP contribution in [0, 0.1) is 0 Å². The summed E-state index contributed by atoms with van der Waals surface area (Å²) in [5.74, 6) is 0. The second kappa shape index (κ2) is 7.40. The Balaban J connectivity index is 0.00000106. The first-order chi connectivity index (χ1) is 7.69. The molecule has 0 aliphatic carbocycles. The number of nitrogens with zero attached hydrogens (tertiary/aromatic N) is 1. The molecule has 3 heteroatoms. The van der Waals surface area contributed by atoms with E-state index in [0.717, 1.165) is 5.57 Å². The first-order valence-electron chi connectivity index (χ1n) is 5.20. The molecule has 0 fully saturated rings. The van der Waals surface area contributed by atoms with E-state index in [-0.39, 0.29) is 5.56 Å². The molecule has 0 saturated heterocycles. The number of hydrogen-bond donors (Lipinski definition) is 1. The molecule has 0 saturated carbocycles. The Morgan fingerprint density at radius 2 is 2.06 bits per heavy atom. The van der Waals surface area contributed by atoms with Crippen LogP contribution >= 0.6 is 0 Å². The van der Waals surface area contributed by atoms with E-state index in [1.165, 1.54) is 12.4 Å². The van der Waals surface area contributed by atoms with Crippen molar-refractivity contribution in [1.82, 2.24) is 9.97 Å². The van der Waals surface area contributed by atoms with Crippen molar-refractivity contribution in [3.8, 4) is 0 Å². The molecule has 0 aliphatic heterocycles. The zero-order chi connectivity index (χ0) is 12.6. The molecule has 1 rings (SSSR count). The molecule has 0 bridgehead atoms. The second-order valence-electron chi connectivity index (χ2n) is 2.83. The van der Waals surface area contributed by atoms with Gasteiger partial charge in [-0.1, -0.05) is 39.2 Å². The number of allylic oxidation sites excluding steroid dienone is 2. The van der Waals surface area contributed by atoms with Crippen LogP contribution in [0.1, 0.15) is 32.0 Å². The third-order valence-electron chi connectivity index (χ3n) is 1.81. The quantitative estimate of drug-likeness (QED) is 0.792. The van der Waals surface area contributed by atoms with Crippen LogP contribution in [0.25, 0.3) is 12.2 Å². The Bertz CT molecular complexity index is 441. The van der Waals surface area contributed by atoms with Crippen LogP contribution in [0.15, 0.2) is 35.9 Å². The van der Waals surface area contributed by atoms with Crippen LogP contribution in [0.4, 0.5) is 0 Å². The maximum absolute atomic E-state index is 11.3. The second-order valence-corrected chi connectivity index (χ2v) is 2.83. The summed E-state index contributed by atoms with van der Waals surface area (Å²) in [6.07, 6.45) is 6.36. The van der Waals surface area contributed by atoms with E-state index in [4.69, 9.17) is 0 Å². The Morgan fingerprint density at radius 3 is 2.56 bits per heavy atom. The van der Waals surface area contributed by atoms with Crippen LogP contribution in [0.5, 0.6) is 0 Å². The topological polar surface area (TPSA) is 45.8 Å². The summed E-state index contributed by atoms with van der Waals surface area (Å²) in [7, 11) is 0. The van der Waals surface area contributed by atoms with Crippen molar-refractivity contribution in [2.75, 3.05) is 0 Å². The van der Waals surface area contributed by atoms with Crippen LogP contribution in [-0.4, -0.2) is 9.97 Å². The molecule has 0 amide bonds. The molecule has 3 nitrogen and oxygen atoms in total. The smallest absolute Gasteiger partial charge is 0.258 e. The molecule has 0 aromatic carbocycles. The Kier molecular flexibility index (Phi) is 6.52. The van der Waals surface area contributed by atoms with E-state index >= 15 is 0 Å². The lowest BCUT2D eigenvalue weighted by molar-refractivity contribution is 1.09. The summed E-state index contributed by atoms with van der Waals surface area (Å²) in [4.78, 5) is 17.9. The molecule has 16 heavy (non-hydrogen) atoms. The van der Waals surface area contributed by atoms with Gasteiger partial charge in [0.25, 0.3) is 5.56 Å². The number of H-pyrrole nitrogens is 1. The van der Waals surface area contributed by atoms with E-state index in [1.54, 1.807) is 12.2 Å². The molecule has 0 unspecified atom stereocenters. The Labute approximate surface area is 96.3 Å². The van der Waals surface area contributed by atoms with Crippen LogP contribution in [-0.2, 0) is 0 Å². The highest BCUT2D eigenvalue weighted by Gasteiger charge is 2.01. The van der Waals surface area contributed by atoms with Crippen molar-refractivity contribution >= 4 is 12.2 Å². The highest BCUT2D eigenvalue weighted by atomic mass is 16.1. The van der Waals surface area contributed by atoms with Gasteiger partial charge in [0.1, 0.15) is 0 Å². The van der Waals surface area contributed by atoms with Gasteiger partial charge in [-0.3, -0.25) is 4.79 Å². The lowest BCUT2D eigenvalue weighted by Crippen LogP contribution is -2.11. The van der Waals surface area contributed by atoms with E-state index in [2.05, 4.69) is 23.1 Å². The standard InChI is InChI=1S/C11H12N2O.C2H6/c1-4-8(3)6-10-9(5-2)11(14)13-7-12-10;1-2/h4-7H,1-2H2,3H3,(H,12,13,14);1-2H3/b8-6-;. The minimum atomic E-state index is -0.182. The van der Waals surface area contributed by atoms with Gasteiger partial charge in [0, 0.05) is 0 Å². The molecular weight excluding hydrogens is 200 g/mol. The van der Waals surface area contributed by atoms with Crippen molar-refractivity contribution in [2.45, 2.75) is 20.8 Å². The van der Waals surface area contributed by atoms with Crippen molar-refractivity contribution < 1.29 is 0 Å². The van der Waals surface area contributed by atoms with Crippen LogP contribution in [0.2, 0.25) is 0 Å². The molecule has 0 atom stereocenters. The predicted molar refractivity (Wildman–Crippen MR) is 70.1 cm³/mol. The Hall–Kier alpha value is -1.90. The summed E-state index contributed by atoms with van der Waals surface area (Å²) >= 11 is 0. The van der Waals surface area contributed by atoms with E-state index in [0.29, 0.717) is 11.3 Å². The van der Waals surface area contributed by atoms with E-state index in [1.807, 2.05) is 20.8 Å². The van der Waals surface area contributed by atoms with Gasteiger partial charge in [-0.2, -0.15) is 0 Å². The van der Waals surface area contributed by atoms with E-state index < -0.39 is 0 Å². The van der Waals surface area contributed by atoms with Crippen LogP contribution < -0.4 is 5.56 Å². The lowest BCUT2D eigenvalue weighted by Gasteiger charge is -1.98. The minimum absolute atomic E-state index is 0.182. The van der Waals surface area contributed by atoms with Gasteiger partial charge in [-0.15, -0.1) is 0 Å². The van der Waals surface area contributed by atoms with Gasteiger partial charge >= 0.3 is 0 Å². The third-order valence-corrected chi connectivity index (χ3v) is 1.81. The SMILES string of the molecule is C=C/C(C)=C\c1nc[nH]c(=O)c1C=C.CC. The van der Waals surface area contributed by atoms with Gasteiger partial charge in [0.2, 0.25) is 0 Å². The highest BCUT2D eigenvalue weighted by molar-refractivity contribution is 5.62. The largest absolute Gasteiger partial charge is 0.313 e. The summed E-state index contributed by atoms with van der Waals surface area (Å²) in [6.45, 7) is 13.1. The average molecular weight is 218 g/mol. The summed E-state index contributed by atoms with van der Waals surface area (Å²) in [6, 6.07) is 0. The number of hydrogen-bond acceptors (Lipinski definition) is 2. The molecule has 0 spiro atoms. The monoisotopic (exact) mass is 218 g/mol. The van der Waals surface area contributed by atoms with Crippen molar-refractivity contribution in [1.29, 1.82) is 0 Å². The Morgan fingerprint density at radius 1 is 1.44 bits per heavy atom. The zero-order valence-corrected chi connectivity index (χ0v) is 10.1. The molecule has 1 N–H and O–H groups in total. The average Bonchev–Trinajstić information content (AvgIpc) is 2.32.